The number of benzene rings is 1. The lowest BCUT2D eigenvalue weighted by molar-refractivity contribution is 0.0886. The first kappa shape index (κ1) is 20.0. The highest BCUT2D eigenvalue weighted by Crippen LogP contribution is 2.41. The summed E-state index contributed by atoms with van der Waals surface area (Å²) >= 11 is 0. The third-order valence-corrected chi connectivity index (χ3v) is 6.71. The molecule has 0 radical (unpaired) electrons. The van der Waals surface area contributed by atoms with E-state index >= 15 is 0 Å². The van der Waals surface area contributed by atoms with Gasteiger partial charge < -0.3 is 15.0 Å². The molecule has 1 aromatic heterocycles. The molecule has 2 heterocycles. The van der Waals surface area contributed by atoms with E-state index < -0.39 is 0 Å². The number of ether oxygens (including phenoxy) is 1. The van der Waals surface area contributed by atoms with E-state index in [4.69, 9.17) is 4.74 Å². The van der Waals surface area contributed by atoms with Gasteiger partial charge in [0.15, 0.2) is 0 Å². The van der Waals surface area contributed by atoms with Crippen LogP contribution in [0.3, 0.4) is 0 Å². The molecule has 1 aliphatic heterocycles. The average molecular weight is 397 g/mol. The molecule has 1 saturated heterocycles. The van der Waals surface area contributed by atoms with Crippen molar-refractivity contribution < 1.29 is 9.53 Å². The van der Waals surface area contributed by atoms with Gasteiger partial charge in [0.2, 0.25) is 0 Å². The Balaban J connectivity index is 1.37. The fourth-order valence-corrected chi connectivity index (χ4v) is 5.02. The van der Waals surface area contributed by atoms with Crippen LogP contribution >= 0.6 is 0 Å². The molecule has 0 spiro atoms. The average Bonchev–Trinajstić information content (AvgIpc) is 3.31. The van der Waals surface area contributed by atoms with Gasteiger partial charge in [0, 0.05) is 37.3 Å². The van der Waals surface area contributed by atoms with Crippen LogP contribution in [0.15, 0.2) is 36.5 Å². The first-order chi connectivity index (χ1) is 14.2. The molecular formula is C23H32N4O2. The predicted octanol–water partition coefficient (Wildman–Crippen LogP) is 3.51. The summed E-state index contributed by atoms with van der Waals surface area (Å²) in [6.45, 7) is 3.18. The highest BCUT2D eigenvalue weighted by molar-refractivity contribution is 5.92. The second-order valence-electron chi connectivity index (χ2n) is 8.56. The summed E-state index contributed by atoms with van der Waals surface area (Å²) in [6.07, 6.45) is 10.1. The molecular weight excluding hydrogens is 364 g/mol. The van der Waals surface area contributed by atoms with Gasteiger partial charge in [0.25, 0.3) is 5.91 Å². The minimum absolute atomic E-state index is 0.0528. The van der Waals surface area contributed by atoms with E-state index in [2.05, 4.69) is 44.7 Å². The molecule has 2 aromatic rings. The van der Waals surface area contributed by atoms with Crippen LogP contribution in [0, 0.1) is 0 Å². The lowest BCUT2D eigenvalue weighted by Gasteiger charge is -2.44. The van der Waals surface area contributed by atoms with Gasteiger partial charge in [0.1, 0.15) is 11.4 Å². The van der Waals surface area contributed by atoms with Gasteiger partial charge in [-0.05, 0) is 49.4 Å². The molecule has 1 aromatic carbocycles. The van der Waals surface area contributed by atoms with Crippen molar-refractivity contribution in [2.75, 3.05) is 26.7 Å². The summed E-state index contributed by atoms with van der Waals surface area (Å²) in [5, 5.41) is 9.75. The summed E-state index contributed by atoms with van der Waals surface area (Å²) in [4.78, 5) is 14.9. The molecule has 29 heavy (non-hydrogen) atoms. The topological polar surface area (TPSA) is 70.2 Å². The van der Waals surface area contributed by atoms with Crippen LogP contribution in [0.5, 0.6) is 5.75 Å². The number of hydrogen-bond acceptors (Lipinski definition) is 4. The smallest absolute Gasteiger partial charge is 0.269 e. The zero-order chi connectivity index (χ0) is 20.1. The Hall–Kier alpha value is -2.34. The highest BCUT2D eigenvalue weighted by atomic mass is 16.5. The number of carbonyl (C=O) groups is 1. The summed E-state index contributed by atoms with van der Waals surface area (Å²) in [6, 6.07) is 10.7. The number of methoxy groups -OCH3 is 1. The van der Waals surface area contributed by atoms with Crippen molar-refractivity contribution in [1.29, 1.82) is 0 Å². The Labute approximate surface area is 173 Å². The zero-order valence-electron chi connectivity index (χ0n) is 17.3. The number of rotatable bonds is 6. The molecule has 1 saturated carbocycles. The van der Waals surface area contributed by atoms with Crippen molar-refractivity contribution in [3.05, 3.63) is 47.8 Å². The van der Waals surface area contributed by atoms with E-state index in [0.717, 1.165) is 38.2 Å². The van der Waals surface area contributed by atoms with Crippen LogP contribution in [-0.2, 0) is 5.41 Å². The first-order valence-corrected chi connectivity index (χ1v) is 10.9. The quantitative estimate of drug-likeness (QED) is 0.784. The molecule has 2 N–H and O–H groups in total. The molecule has 6 nitrogen and oxygen atoms in total. The second kappa shape index (κ2) is 8.99. The van der Waals surface area contributed by atoms with Crippen LogP contribution in [0.4, 0.5) is 0 Å². The minimum Gasteiger partial charge on any atom is -0.497 e. The number of hydrogen-bond donors (Lipinski definition) is 2. The van der Waals surface area contributed by atoms with Gasteiger partial charge in [-0.25, -0.2) is 0 Å². The van der Waals surface area contributed by atoms with E-state index in [-0.39, 0.29) is 17.4 Å². The van der Waals surface area contributed by atoms with Gasteiger partial charge in [-0.1, -0.05) is 31.4 Å². The summed E-state index contributed by atoms with van der Waals surface area (Å²) in [5.41, 5.74) is 2.23. The number of piperidine rings is 1. The minimum atomic E-state index is -0.0528. The molecule has 2 fully saturated rings. The van der Waals surface area contributed by atoms with E-state index in [1.165, 1.54) is 37.7 Å². The van der Waals surface area contributed by atoms with E-state index in [0.29, 0.717) is 5.69 Å². The maximum atomic E-state index is 12.3. The van der Waals surface area contributed by atoms with Crippen molar-refractivity contribution in [3.8, 4) is 5.75 Å². The van der Waals surface area contributed by atoms with Crippen LogP contribution in [0.1, 0.15) is 61.0 Å². The Morgan fingerprint density at radius 2 is 1.90 bits per heavy atom. The highest BCUT2D eigenvalue weighted by Gasteiger charge is 2.36. The number of nitrogens with zero attached hydrogens (tertiary/aromatic N) is 2. The summed E-state index contributed by atoms with van der Waals surface area (Å²) < 4.78 is 5.36. The summed E-state index contributed by atoms with van der Waals surface area (Å²) in [5.74, 6) is 0.872. The molecule has 0 unspecified atom stereocenters. The van der Waals surface area contributed by atoms with Crippen molar-refractivity contribution >= 4 is 5.91 Å². The van der Waals surface area contributed by atoms with Crippen molar-refractivity contribution in [2.24, 2.45) is 0 Å². The normalized spacial score (nSPS) is 20.3. The number of H-pyrrole nitrogens is 1. The maximum Gasteiger partial charge on any atom is 0.269 e. The first-order valence-electron chi connectivity index (χ1n) is 10.9. The second-order valence-corrected chi connectivity index (χ2v) is 8.56. The Morgan fingerprint density at radius 3 is 2.52 bits per heavy atom. The van der Waals surface area contributed by atoms with Crippen molar-refractivity contribution in [1.82, 2.24) is 20.4 Å². The molecule has 0 atom stereocenters. The number of aromatic nitrogens is 2. The van der Waals surface area contributed by atoms with Gasteiger partial charge in [0.05, 0.1) is 7.11 Å². The monoisotopic (exact) mass is 396 g/mol. The fraction of sp³-hybridized carbons (Fsp3) is 0.565. The molecule has 4 rings (SSSR count). The van der Waals surface area contributed by atoms with Gasteiger partial charge in [-0.2, -0.15) is 5.10 Å². The van der Waals surface area contributed by atoms with E-state index in [1.54, 1.807) is 19.4 Å². The number of amides is 1. The third kappa shape index (κ3) is 4.64. The van der Waals surface area contributed by atoms with Crippen molar-refractivity contribution in [3.63, 3.8) is 0 Å². The van der Waals surface area contributed by atoms with Gasteiger partial charge >= 0.3 is 0 Å². The van der Waals surface area contributed by atoms with Crippen LogP contribution in [0.2, 0.25) is 0 Å². The fourth-order valence-electron chi connectivity index (χ4n) is 5.02. The summed E-state index contributed by atoms with van der Waals surface area (Å²) in [7, 11) is 1.72. The van der Waals surface area contributed by atoms with E-state index in [1.807, 2.05) is 0 Å². The van der Waals surface area contributed by atoms with Crippen molar-refractivity contribution in [2.45, 2.75) is 56.4 Å². The SMILES string of the molecule is COc1ccc(C2(CN3CCC(NC(=O)c4ccn[nH]4)CC3)CCCCC2)cc1. The standard InChI is InChI=1S/C23H32N4O2/c1-29-20-7-5-18(6-8-20)23(12-3-2-4-13-23)17-27-15-10-19(11-16-27)25-22(28)21-9-14-24-26-21/h5-9,14,19H,2-4,10-13,15-17H2,1H3,(H,24,26)(H,25,28). The van der Waals surface area contributed by atoms with E-state index in [9.17, 15) is 4.79 Å². The Kier molecular flexibility index (Phi) is 6.19. The van der Waals surface area contributed by atoms with Crippen LogP contribution < -0.4 is 10.1 Å². The number of likely N-dealkylation sites (tertiary alicyclic amines) is 1. The third-order valence-electron chi connectivity index (χ3n) is 6.71. The lowest BCUT2D eigenvalue weighted by Crippen LogP contribution is -2.49. The predicted molar refractivity (Wildman–Crippen MR) is 113 cm³/mol. The molecule has 1 aliphatic carbocycles. The molecule has 1 amide bonds. The molecule has 2 aliphatic rings. The molecule has 156 valence electrons. The lowest BCUT2D eigenvalue weighted by atomic mass is 9.69. The Bertz CT molecular complexity index is 774. The van der Waals surface area contributed by atoms with Gasteiger partial charge in [-0.3, -0.25) is 9.89 Å². The maximum absolute atomic E-state index is 12.3. The Morgan fingerprint density at radius 1 is 1.17 bits per heavy atom. The number of aromatic amines is 1. The van der Waals surface area contributed by atoms with Crippen LogP contribution in [0.25, 0.3) is 0 Å². The largest absolute Gasteiger partial charge is 0.497 e. The number of nitrogens with one attached hydrogen (secondary N) is 2. The van der Waals surface area contributed by atoms with Crippen LogP contribution in [-0.4, -0.2) is 53.8 Å². The molecule has 6 heteroatoms. The number of carbonyl (C=O) groups excluding carboxylic acids is 1. The zero-order valence-corrected chi connectivity index (χ0v) is 17.3. The van der Waals surface area contributed by atoms with Gasteiger partial charge in [-0.15, -0.1) is 0 Å². The molecule has 0 bridgehead atoms.